The highest BCUT2D eigenvalue weighted by Crippen LogP contribution is 2.35. The van der Waals surface area contributed by atoms with E-state index in [0.29, 0.717) is 35.5 Å². The molecule has 30 heavy (non-hydrogen) atoms. The molecule has 0 saturated carbocycles. The second-order valence-corrected chi connectivity index (χ2v) is 7.33. The quantitative estimate of drug-likeness (QED) is 0.373. The number of fused-ring (bicyclic) bond motifs is 1. The Labute approximate surface area is 173 Å². The molecule has 1 aliphatic rings. The van der Waals surface area contributed by atoms with E-state index in [9.17, 15) is 14.3 Å². The van der Waals surface area contributed by atoms with E-state index in [1.807, 2.05) is 32.0 Å². The van der Waals surface area contributed by atoms with Crippen LogP contribution in [0.2, 0.25) is 0 Å². The summed E-state index contributed by atoms with van der Waals surface area (Å²) >= 11 is 0. The monoisotopic (exact) mass is 406 g/mol. The average molecular weight is 406 g/mol. The van der Waals surface area contributed by atoms with Gasteiger partial charge in [-0.05, 0) is 55.8 Å². The third-order valence-electron chi connectivity index (χ3n) is 5.31. The molecular formula is C23H23FN4O2. The van der Waals surface area contributed by atoms with Crippen molar-refractivity contribution in [2.45, 2.75) is 26.5 Å². The van der Waals surface area contributed by atoms with Gasteiger partial charge in [0.05, 0.1) is 5.57 Å². The number of aromatic amines is 1. The van der Waals surface area contributed by atoms with Crippen molar-refractivity contribution in [2.75, 3.05) is 11.9 Å². The summed E-state index contributed by atoms with van der Waals surface area (Å²) in [4.78, 5) is 19.9. The van der Waals surface area contributed by atoms with Gasteiger partial charge in [-0.25, -0.2) is 4.39 Å². The van der Waals surface area contributed by atoms with Crippen LogP contribution in [0.25, 0.3) is 11.6 Å². The predicted molar refractivity (Wildman–Crippen MR) is 114 cm³/mol. The van der Waals surface area contributed by atoms with Gasteiger partial charge < -0.3 is 15.4 Å². The lowest BCUT2D eigenvalue weighted by atomic mass is 10.0. The third-order valence-corrected chi connectivity index (χ3v) is 5.31. The fourth-order valence-electron chi connectivity index (χ4n) is 3.78. The molecule has 6 nitrogen and oxygen atoms in total. The van der Waals surface area contributed by atoms with E-state index < -0.39 is 12.0 Å². The molecular weight excluding hydrogens is 383 g/mol. The summed E-state index contributed by atoms with van der Waals surface area (Å²) in [6.07, 6.45) is 3.28. The molecule has 3 aromatic rings. The van der Waals surface area contributed by atoms with Crippen molar-refractivity contribution in [1.82, 2.24) is 15.3 Å². The lowest BCUT2D eigenvalue weighted by Gasteiger charge is -2.14. The maximum absolute atomic E-state index is 13.7. The van der Waals surface area contributed by atoms with E-state index in [0.717, 1.165) is 22.5 Å². The average Bonchev–Trinajstić information content (AvgIpc) is 3.18. The number of amides is 1. The summed E-state index contributed by atoms with van der Waals surface area (Å²) in [6.45, 7) is 4.32. The molecule has 4 N–H and O–H groups in total. The zero-order chi connectivity index (χ0) is 21.3. The number of aliphatic hydroxyl groups is 1. The summed E-state index contributed by atoms with van der Waals surface area (Å²) in [7, 11) is 0. The van der Waals surface area contributed by atoms with Crippen molar-refractivity contribution in [3.8, 4) is 0 Å². The molecule has 7 heteroatoms. The lowest BCUT2D eigenvalue weighted by molar-refractivity contribution is -0.110. The number of hydrogen-bond acceptors (Lipinski definition) is 4. The van der Waals surface area contributed by atoms with Crippen LogP contribution < -0.4 is 10.6 Å². The fraction of sp³-hybridized carbons (Fsp3) is 0.217. The van der Waals surface area contributed by atoms with E-state index in [-0.39, 0.29) is 5.91 Å². The number of rotatable bonds is 6. The first kappa shape index (κ1) is 20.0. The Hall–Kier alpha value is -3.29. The van der Waals surface area contributed by atoms with Crippen LogP contribution in [0.5, 0.6) is 0 Å². The van der Waals surface area contributed by atoms with Gasteiger partial charge in [0.25, 0.3) is 5.91 Å². The fourth-order valence-corrected chi connectivity index (χ4v) is 3.78. The molecule has 3 heterocycles. The number of anilines is 1. The van der Waals surface area contributed by atoms with Crippen LogP contribution >= 0.6 is 0 Å². The molecule has 0 spiro atoms. The largest absolute Gasteiger partial charge is 0.374 e. The number of aromatic nitrogens is 2. The zero-order valence-corrected chi connectivity index (χ0v) is 16.8. The Morgan fingerprint density at radius 3 is 2.87 bits per heavy atom. The molecule has 0 fully saturated rings. The van der Waals surface area contributed by atoms with Crippen LogP contribution in [0, 0.1) is 19.7 Å². The number of aryl methyl sites for hydroxylation is 1. The first-order valence-corrected chi connectivity index (χ1v) is 9.77. The summed E-state index contributed by atoms with van der Waals surface area (Å²) < 4.78 is 13.7. The minimum absolute atomic E-state index is 0.280. The Balaban J connectivity index is 1.55. The smallest absolute Gasteiger partial charge is 0.256 e. The van der Waals surface area contributed by atoms with Gasteiger partial charge in [-0.15, -0.1) is 0 Å². The molecule has 1 unspecified atom stereocenters. The van der Waals surface area contributed by atoms with E-state index in [1.54, 1.807) is 18.3 Å². The molecule has 0 aliphatic carbocycles. The molecule has 1 amide bonds. The van der Waals surface area contributed by atoms with Gasteiger partial charge in [0, 0.05) is 53.1 Å². The molecule has 1 atom stereocenters. The normalized spacial score (nSPS) is 15.3. The second-order valence-electron chi connectivity index (χ2n) is 7.33. The maximum Gasteiger partial charge on any atom is 0.256 e. The van der Waals surface area contributed by atoms with Gasteiger partial charge >= 0.3 is 0 Å². The minimum Gasteiger partial charge on any atom is -0.374 e. The van der Waals surface area contributed by atoms with Crippen LogP contribution in [0.3, 0.4) is 0 Å². The highest BCUT2D eigenvalue weighted by atomic mass is 19.1. The SMILES string of the molecule is Cc1[nH]c(/C=C2\C(=O)Nc3ccc(F)cc32)c(C)c1C(O)NCCc1ccccn1. The number of nitrogens with one attached hydrogen (secondary N) is 3. The van der Waals surface area contributed by atoms with Crippen LogP contribution in [-0.2, 0) is 11.2 Å². The van der Waals surface area contributed by atoms with Crippen molar-refractivity contribution < 1.29 is 14.3 Å². The summed E-state index contributed by atoms with van der Waals surface area (Å²) in [5.74, 6) is -0.679. The van der Waals surface area contributed by atoms with Gasteiger partial charge in [-0.2, -0.15) is 0 Å². The van der Waals surface area contributed by atoms with Crippen LogP contribution in [0.15, 0.2) is 42.6 Å². The third kappa shape index (κ3) is 3.90. The predicted octanol–water partition coefficient (Wildman–Crippen LogP) is 3.48. The maximum atomic E-state index is 13.7. The van der Waals surface area contributed by atoms with Crippen molar-refractivity contribution in [3.63, 3.8) is 0 Å². The Morgan fingerprint density at radius 1 is 1.27 bits per heavy atom. The topological polar surface area (TPSA) is 90.0 Å². The van der Waals surface area contributed by atoms with E-state index in [2.05, 4.69) is 20.6 Å². The molecule has 0 radical (unpaired) electrons. The number of H-pyrrole nitrogens is 1. The van der Waals surface area contributed by atoms with E-state index in [4.69, 9.17) is 0 Å². The molecule has 1 aliphatic heterocycles. The van der Waals surface area contributed by atoms with E-state index in [1.165, 1.54) is 12.1 Å². The standard InChI is InChI=1S/C23H23FN4O2/c1-13-20(12-18-17-11-15(24)6-7-19(17)28-22(18)29)27-14(2)21(13)23(30)26-10-8-16-5-3-4-9-25-16/h3-7,9,11-12,23,26-27,30H,8,10H2,1-2H3,(H,28,29)/b18-12-. The Morgan fingerprint density at radius 2 is 2.10 bits per heavy atom. The number of benzene rings is 1. The Kier molecular flexibility index (Phi) is 5.48. The number of pyridine rings is 1. The number of nitrogens with zero attached hydrogens (tertiary/aromatic N) is 1. The van der Waals surface area contributed by atoms with Crippen LogP contribution in [-0.4, -0.2) is 27.5 Å². The molecule has 154 valence electrons. The first-order chi connectivity index (χ1) is 14.4. The van der Waals surface area contributed by atoms with E-state index >= 15 is 0 Å². The molecule has 1 aromatic carbocycles. The second kappa shape index (κ2) is 8.22. The molecule has 2 aromatic heterocycles. The van der Waals surface area contributed by atoms with Gasteiger partial charge in [-0.3, -0.25) is 15.1 Å². The number of carbonyl (C=O) groups is 1. The molecule has 0 bridgehead atoms. The van der Waals surface area contributed by atoms with Crippen molar-refractivity contribution in [1.29, 1.82) is 0 Å². The lowest BCUT2D eigenvalue weighted by Crippen LogP contribution is -2.24. The highest BCUT2D eigenvalue weighted by Gasteiger charge is 2.26. The van der Waals surface area contributed by atoms with Gasteiger partial charge in [0.15, 0.2) is 0 Å². The minimum atomic E-state index is -0.862. The summed E-state index contributed by atoms with van der Waals surface area (Å²) in [5.41, 5.74) is 5.52. The molecule has 0 saturated heterocycles. The highest BCUT2D eigenvalue weighted by molar-refractivity contribution is 6.34. The van der Waals surface area contributed by atoms with Gasteiger partial charge in [0.2, 0.25) is 0 Å². The number of aliphatic hydroxyl groups excluding tert-OH is 1. The Bertz CT molecular complexity index is 1120. The van der Waals surface area contributed by atoms with Gasteiger partial charge in [0.1, 0.15) is 12.0 Å². The summed E-state index contributed by atoms with van der Waals surface area (Å²) in [6, 6.07) is 9.96. The van der Waals surface area contributed by atoms with Crippen molar-refractivity contribution in [3.05, 3.63) is 82.2 Å². The number of halogens is 1. The first-order valence-electron chi connectivity index (χ1n) is 9.77. The van der Waals surface area contributed by atoms with Crippen LogP contribution in [0.1, 0.15) is 40.0 Å². The van der Waals surface area contributed by atoms with Crippen LogP contribution in [0.4, 0.5) is 10.1 Å². The zero-order valence-electron chi connectivity index (χ0n) is 16.8. The van der Waals surface area contributed by atoms with Crippen molar-refractivity contribution >= 4 is 23.2 Å². The number of carbonyl (C=O) groups excluding carboxylic acids is 1. The van der Waals surface area contributed by atoms with Gasteiger partial charge in [-0.1, -0.05) is 6.07 Å². The van der Waals surface area contributed by atoms with Crippen molar-refractivity contribution in [2.24, 2.45) is 0 Å². The molecule has 4 rings (SSSR count). The summed E-state index contributed by atoms with van der Waals surface area (Å²) in [5, 5.41) is 16.5. The number of hydrogen-bond donors (Lipinski definition) is 4.